The zero-order chi connectivity index (χ0) is 10.6. The highest BCUT2D eigenvalue weighted by molar-refractivity contribution is 5.88. The molecule has 0 heterocycles. The maximum atomic E-state index is 10.7. The Morgan fingerprint density at radius 1 is 1.43 bits per heavy atom. The summed E-state index contributed by atoms with van der Waals surface area (Å²) in [6, 6.07) is 6.91. The molecule has 0 fully saturated rings. The Balaban J connectivity index is 2.89. The van der Waals surface area contributed by atoms with Gasteiger partial charge in [0.25, 0.3) is 0 Å². The molecule has 0 aliphatic heterocycles. The molecule has 0 bridgehead atoms. The van der Waals surface area contributed by atoms with Gasteiger partial charge in [0.2, 0.25) is 0 Å². The zero-order valence-electron chi connectivity index (χ0n) is 8.40. The van der Waals surface area contributed by atoms with Gasteiger partial charge in [-0.3, -0.25) is 0 Å². The summed E-state index contributed by atoms with van der Waals surface area (Å²) in [5.74, 6) is -0.409. The van der Waals surface area contributed by atoms with Crippen LogP contribution in [0.25, 0.3) is 6.08 Å². The van der Waals surface area contributed by atoms with Gasteiger partial charge in [-0.25, -0.2) is 4.79 Å². The fourth-order valence-electron chi connectivity index (χ4n) is 1.08. The maximum Gasteiger partial charge on any atom is 0.335 e. The molecular formula is C12H14O2. The highest BCUT2D eigenvalue weighted by atomic mass is 16.4. The summed E-state index contributed by atoms with van der Waals surface area (Å²) >= 11 is 0. The summed E-state index contributed by atoms with van der Waals surface area (Å²) in [4.78, 5) is 10.7. The van der Waals surface area contributed by atoms with Crippen molar-refractivity contribution < 1.29 is 9.90 Å². The number of carboxylic acid groups (broad SMARTS) is 1. The lowest BCUT2D eigenvalue weighted by Crippen LogP contribution is -1.95. The van der Waals surface area contributed by atoms with Crippen LogP contribution in [0.1, 0.15) is 29.8 Å². The lowest BCUT2D eigenvalue weighted by molar-refractivity contribution is 0.0697. The molecule has 1 N–H and O–H groups in total. The van der Waals surface area contributed by atoms with Gasteiger partial charge in [0, 0.05) is 0 Å². The third-order valence-corrected chi connectivity index (χ3v) is 1.81. The highest BCUT2D eigenvalue weighted by Gasteiger charge is 2.00. The summed E-state index contributed by atoms with van der Waals surface area (Å²) in [6.07, 6.45) is 3.98. The first kappa shape index (κ1) is 10.5. The maximum absolute atomic E-state index is 10.7. The van der Waals surface area contributed by atoms with Gasteiger partial charge in [-0.2, -0.15) is 0 Å². The van der Waals surface area contributed by atoms with Gasteiger partial charge >= 0.3 is 5.97 Å². The molecule has 0 aliphatic carbocycles. The van der Waals surface area contributed by atoms with Gasteiger partial charge in [-0.15, -0.1) is 0 Å². The second-order valence-electron chi connectivity index (χ2n) is 3.53. The predicted octanol–water partition coefficient (Wildman–Crippen LogP) is 3.05. The van der Waals surface area contributed by atoms with Crippen LogP contribution < -0.4 is 0 Å². The predicted molar refractivity (Wildman–Crippen MR) is 57.3 cm³/mol. The normalized spacial score (nSPS) is 11.1. The Bertz CT molecular complexity index is 351. The van der Waals surface area contributed by atoms with Crippen molar-refractivity contribution >= 4 is 12.0 Å². The Morgan fingerprint density at radius 3 is 2.71 bits per heavy atom. The van der Waals surface area contributed by atoms with E-state index in [1.54, 1.807) is 18.2 Å². The summed E-state index contributed by atoms with van der Waals surface area (Å²) in [6.45, 7) is 4.16. The zero-order valence-corrected chi connectivity index (χ0v) is 8.40. The van der Waals surface area contributed by atoms with E-state index in [0.717, 1.165) is 5.56 Å². The molecule has 0 saturated carbocycles. The van der Waals surface area contributed by atoms with E-state index in [9.17, 15) is 4.79 Å². The van der Waals surface area contributed by atoms with Crippen molar-refractivity contribution in [2.24, 2.45) is 5.92 Å². The van der Waals surface area contributed by atoms with Gasteiger partial charge in [-0.1, -0.05) is 38.1 Å². The number of aromatic carboxylic acids is 1. The minimum atomic E-state index is -0.884. The van der Waals surface area contributed by atoms with Crippen LogP contribution in [0, 0.1) is 5.92 Å². The molecule has 0 amide bonds. The molecule has 14 heavy (non-hydrogen) atoms. The van der Waals surface area contributed by atoms with E-state index in [-0.39, 0.29) is 0 Å². The second kappa shape index (κ2) is 4.61. The van der Waals surface area contributed by atoms with Crippen LogP contribution in [0.15, 0.2) is 30.3 Å². The molecule has 1 aromatic carbocycles. The fraction of sp³-hybridized carbons (Fsp3) is 0.250. The number of benzene rings is 1. The first-order valence-electron chi connectivity index (χ1n) is 4.61. The number of rotatable bonds is 3. The van der Waals surface area contributed by atoms with Crippen molar-refractivity contribution in [3.05, 3.63) is 41.5 Å². The van der Waals surface area contributed by atoms with Crippen LogP contribution in [0.3, 0.4) is 0 Å². The minimum Gasteiger partial charge on any atom is -0.478 e. The Labute approximate surface area is 83.9 Å². The third-order valence-electron chi connectivity index (χ3n) is 1.81. The first-order chi connectivity index (χ1) is 6.59. The quantitative estimate of drug-likeness (QED) is 0.795. The van der Waals surface area contributed by atoms with E-state index in [2.05, 4.69) is 13.8 Å². The molecule has 74 valence electrons. The van der Waals surface area contributed by atoms with Gasteiger partial charge < -0.3 is 5.11 Å². The number of hydrogen-bond donors (Lipinski definition) is 1. The molecule has 0 radical (unpaired) electrons. The van der Waals surface area contributed by atoms with Gasteiger partial charge in [0.05, 0.1) is 5.56 Å². The molecule has 0 atom stereocenters. The lowest BCUT2D eigenvalue weighted by atomic mass is 10.1. The van der Waals surface area contributed by atoms with Gasteiger partial charge in [0.1, 0.15) is 0 Å². The Hall–Kier alpha value is -1.57. The van der Waals surface area contributed by atoms with Crippen molar-refractivity contribution in [1.82, 2.24) is 0 Å². The van der Waals surface area contributed by atoms with Crippen LogP contribution in [0.4, 0.5) is 0 Å². The number of allylic oxidation sites excluding steroid dienone is 1. The molecule has 1 aromatic rings. The average molecular weight is 190 g/mol. The number of carboxylic acids is 1. The van der Waals surface area contributed by atoms with Gasteiger partial charge in [0.15, 0.2) is 0 Å². The van der Waals surface area contributed by atoms with E-state index in [4.69, 9.17) is 5.11 Å². The first-order valence-corrected chi connectivity index (χ1v) is 4.61. The third kappa shape index (κ3) is 3.05. The lowest BCUT2D eigenvalue weighted by Gasteiger charge is -1.98. The van der Waals surface area contributed by atoms with Crippen LogP contribution in [-0.4, -0.2) is 11.1 Å². The SMILES string of the molecule is CC(C)C=Cc1cccc(C(=O)O)c1. The molecule has 1 rings (SSSR count). The molecule has 0 unspecified atom stereocenters. The van der Waals surface area contributed by atoms with E-state index < -0.39 is 5.97 Å². The summed E-state index contributed by atoms with van der Waals surface area (Å²) in [5, 5.41) is 8.76. The minimum absolute atomic E-state index is 0.330. The van der Waals surface area contributed by atoms with Crippen LogP contribution >= 0.6 is 0 Å². The molecule has 0 aliphatic rings. The van der Waals surface area contributed by atoms with Crippen LogP contribution in [0.5, 0.6) is 0 Å². The Kier molecular flexibility index (Phi) is 3.46. The van der Waals surface area contributed by atoms with Crippen LogP contribution in [-0.2, 0) is 0 Å². The van der Waals surface area contributed by atoms with Crippen molar-refractivity contribution in [3.8, 4) is 0 Å². The summed E-state index contributed by atoms with van der Waals surface area (Å²) in [5.41, 5.74) is 1.26. The van der Waals surface area contributed by atoms with Crippen molar-refractivity contribution in [2.75, 3.05) is 0 Å². The Morgan fingerprint density at radius 2 is 2.14 bits per heavy atom. The topological polar surface area (TPSA) is 37.3 Å². The van der Waals surface area contributed by atoms with E-state index in [1.807, 2.05) is 18.2 Å². The van der Waals surface area contributed by atoms with E-state index in [1.165, 1.54) is 0 Å². The summed E-state index contributed by atoms with van der Waals surface area (Å²) in [7, 11) is 0. The van der Waals surface area contributed by atoms with Gasteiger partial charge in [-0.05, 0) is 23.6 Å². The molecule has 2 nitrogen and oxygen atoms in total. The highest BCUT2D eigenvalue weighted by Crippen LogP contribution is 2.08. The number of hydrogen-bond acceptors (Lipinski definition) is 1. The smallest absolute Gasteiger partial charge is 0.335 e. The standard InChI is InChI=1S/C12H14O2/c1-9(2)6-7-10-4-3-5-11(8-10)12(13)14/h3-9H,1-2H3,(H,13,14). The summed E-state index contributed by atoms with van der Waals surface area (Å²) < 4.78 is 0. The number of carbonyl (C=O) groups is 1. The van der Waals surface area contributed by atoms with Crippen LogP contribution in [0.2, 0.25) is 0 Å². The average Bonchev–Trinajstić information content (AvgIpc) is 2.15. The van der Waals surface area contributed by atoms with Crippen molar-refractivity contribution in [2.45, 2.75) is 13.8 Å². The molecular weight excluding hydrogens is 176 g/mol. The largest absolute Gasteiger partial charge is 0.478 e. The monoisotopic (exact) mass is 190 g/mol. The second-order valence-corrected chi connectivity index (χ2v) is 3.53. The van der Waals surface area contributed by atoms with Crippen molar-refractivity contribution in [3.63, 3.8) is 0 Å². The molecule has 0 spiro atoms. The van der Waals surface area contributed by atoms with E-state index in [0.29, 0.717) is 11.5 Å². The molecule has 2 heteroatoms. The molecule has 0 aromatic heterocycles. The fourth-order valence-corrected chi connectivity index (χ4v) is 1.08. The van der Waals surface area contributed by atoms with E-state index >= 15 is 0 Å². The van der Waals surface area contributed by atoms with Crippen molar-refractivity contribution in [1.29, 1.82) is 0 Å². The molecule has 0 saturated heterocycles.